The first-order valence-electron chi connectivity index (χ1n) is 10.0. The maximum Gasteiger partial charge on any atom is 0.282 e. The quantitative estimate of drug-likeness (QED) is 0.498. The molecule has 5 nitrogen and oxygen atoms in total. The van der Waals surface area contributed by atoms with Crippen molar-refractivity contribution in [1.82, 2.24) is 0 Å². The van der Waals surface area contributed by atoms with Gasteiger partial charge in [0.25, 0.3) is 11.8 Å². The van der Waals surface area contributed by atoms with Gasteiger partial charge in [0.05, 0.1) is 17.9 Å². The minimum atomic E-state index is -0.518. The number of halogens is 2. The Hall–Kier alpha value is -3.64. The van der Waals surface area contributed by atoms with E-state index in [9.17, 15) is 14.0 Å². The lowest BCUT2D eigenvalue weighted by molar-refractivity contribution is -0.120. The van der Waals surface area contributed by atoms with Gasteiger partial charge < -0.3 is 10.1 Å². The molecule has 0 saturated heterocycles. The number of aryl methyl sites for hydroxylation is 1. The van der Waals surface area contributed by atoms with Crippen LogP contribution in [0.1, 0.15) is 18.1 Å². The lowest BCUT2D eigenvalue weighted by atomic mass is 10.0. The van der Waals surface area contributed by atoms with E-state index in [1.807, 2.05) is 19.9 Å². The van der Waals surface area contributed by atoms with Crippen LogP contribution in [0.2, 0.25) is 5.02 Å². The summed E-state index contributed by atoms with van der Waals surface area (Å²) in [7, 11) is 0. The summed E-state index contributed by atoms with van der Waals surface area (Å²) in [6.45, 7) is 4.24. The number of carbonyl (C=O) groups excluding carboxylic acids is 2. The first-order chi connectivity index (χ1) is 15.4. The SMILES string of the molecule is CCOc1ccc(N2C(=O)C(Nc3ccc(C)c(Cl)c3)=C(c3ccc(F)cc3)C2=O)cc1. The van der Waals surface area contributed by atoms with E-state index in [0.29, 0.717) is 34.3 Å². The van der Waals surface area contributed by atoms with E-state index in [-0.39, 0.29) is 11.3 Å². The Morgan fingerprint density at radius 1 is 0.969 bits per heavy atom. The molecular weight excluding hydrogens is 431 g/mol. The maximum atomic E-state index is 13.5. The van der Waals surface area contributed by atoms with E-state index in [4.69, 9.17) is 16.3 Å². The summed E-state index contributed by atoms with van der Waals surface area (Å²) in [6, 6.07) is 17.4. The summed E-state index contributed by atoms with van der Waals surface area (Å²) < 4.78 is 18.9. The fraction of sp³-hybridized carbons (Fsp3) is 0.120. The first-order valence-corrected chi connectivity index (χ1v) is 10.4. The molecule has 4 rings (SSSR count). The number of nitrogens with one attached hydrogen (secondary N) is 1. The molecule has 162 valence electrons. The zero-order chi connectivity index (χ0) is 22.8. The van der Waals surface area contributed by atoms with Crippen LogP contribution in [0.3, 0.4) is 0 Å². The van der Waals surface area contributed by atoms with Crippen molar-refractivity contribution in [3.8, 4) is 5.75 Å². The van der Waals surface area contributed by atoms with E-state index < -0.39 is 17.6 Å². The van der Waals surface area contributed by atoms with E-state index in [2.05, 4.69) is 5.32 Å². The van der Waals surface area contributed by atoms with E-state index >= 15 is 0 Å². The minimum absolute atomic E-state index is 0.0930. The van der Waals surface area contributed by atoms with Gasteiger partial charge in [-0.15, -0.1) is 0 Å². The van der Waals surface area contributed by atoms with Crippen molar-refractivity contribution in [3.63, 3.8) is 0 Å². The van der Waals surface area contributed by atoms with Crippen molar-refractivity contribution in [2.24, 2.45) is 0 Å². The summed E-state index contributed by atoms with van der Waals surface area (Å²) in [4.78, 5) is 27.9. The van der Waals surface area contributed by atoms with Gasteiger partial charge in [0.1, 0.15) is 17.3 Å². The topological polar surface area (TPSA) is 58.6 Å². The molecule has 32 heavy (non-hydrogen) atoms. The number of rotatable bonds is 6. The number of benzene rings is 3. The molecule has 1 N–H and O–H groups in total. The van der Waals surface area contributed by atoms with E-state index in [1.54, 1.807) is 36.4 Å². The fourth-order valence-corrected chi connectivity index (χ4v) is 3.62. The summed E-state index contributed by atoms with van der Waals surface area (Å²) in [6.07, 6.45) is 0. The van der Waals surface area contributed by atoms with Crippen LogP contribution < -0.4 is 15.0 Å². The molecule has 3 aromatic carbocycles. The number of ether oxygens (including phenoxy) is 1. The second-order valence-corrected chi connectivity index (χ2v) is 7.63. The van der Waals surface area contributed by atoms with Crippen LogP contribution in [0.15, 0.2) is 72.4 Å². The van der Waals surface area contributed by atoms with Gasteiger partial charge >= 0.3 is 0 Å². The lowest BCUT2D eigenvalue weighted by Crippen LogP contribution is -2.32. The van der Waals surface area contributed by atoms with Crippen molar-refractivity contribution >= 4 is 40.4 Å². The molecule has 1 heterocycles. The lowest BCUT2D eigenvalue weighted by Gasteiger charge is -2.16. The van der Waals surface area contributed by atoms with Crippen LogP contribution in [0.5, 0.6) is 5.75 Å². The fourth-order valence-electron chi connectivity index (χ4n) is 3.44. The number of carbonyl (C=O) groups is 2. The molecule has 0 aliphatic carbocycles. The molecule has 1 aliphatic heterocycles. The third-order valence-corrected chi connectivity index (χ3v) is 5.47. The number of imide groups is 1. The molecule has 0 spiro atoms. The van der Waals surface area contributed by atoms with Crippen LogP contribution >= 0.6 is 11.6 Å². The van der Waals surface area contributed by atoms with Crippen LogP contribution in [0.4, 0.5) is 15.8 Å². The van der Waals surface area contributed by atoms with Crippen LogP contribution in [0.25, 0.3) is 5.57 Å². The predicted octanol–water partition coefficient (Wildman–Crippen LogP) is 5.58. The molecule has 0 radical (unpaired) electrons. The second kappa shape index (κ2) is 8.85. The van der Waals surface area contributed by atoms with Crippen molar-refractivity contribution in [1.29, 1.82) is 0 Å². The molecular formula is C25H20ClFN2O3. The normalized spacial score (nSPS) is 13.7. The Labute approximate surface area is 190 Å². The molecule has 2 amide bonds. The molecule has 0 bridgehead atoms. The third kappa shape index (κ3) is 4.09. The summed E-state index contributed by atoms with van der Waals surface area (Å²) in [5.74, 6) is -0.828. The highest BCUT2D eigenvalue weighted by molar-refractivity contribution is 6.46. The number of hydrogen-bond donors (Lipinski definition) is 1. The summed E-state index contributed by atoms with van der Waals surface area (Å²) >= 11 is 6.23. The zero-order valence-corrected chi connectivity index (χ0v) is 18.2. The third-order valence-electron chi connectivity index (χ3n) is 5.06. The summed E-state index contributed by atoms with van der Waals surface area (Å²) in [5.41, 5.74) is 2.52. The van der Waals surface area contributed by atoms with E-state index in [1.165, 1.54) is 24.3 Å². The van der Waals surface area contributed by atoms with Gasteiger partial charge in [-0.2, -0.15) is 0 Å². The standard InChI is InChI=1S/C25H20ClFN2O3/c1-3-32-20-12-10-19(11-13-20)29-24(30)22(16-5-7-17(27)8-6-16)23(25(29)31)28-18-9-4-15(2)21(26)14-18/h4-14,28H,3H2,1-2H3. The van der Waals surface area contributed by atoms with Gasteiger partial charge in [-0.25, -0.2) is 9.29 Å². The molecule has 0 fully saturated rings. The molecule has 0 unspecified atom stereocenters. The molecule has 0 atom stereocenters. The number of hydrogen-bond acceptors (Lipinski definition) is 4. The highest BCUT2D eigenvalue weighted by atomic mass is 35.5. The number of anilines is 2. The van der Waals surface area contributed by atoms with Gasteiger partial charge in [0.15, 0.2) is 0 Å². The molecule has 3 aromatic rings. The smallest absolute Gasteiger partial charge is 0.282 e. The van der Waals surface area contributed by atoms with Gasteiger partial charge in [-0.3, -0.25) is 9.59 Å². The summed E-state index contributed by atoms with van der Waals surface area (Å²) in [5, 5.41) is 3.58. The Balaban J connectivity index is 1.77. The Morgan fingerprint density at radius 3 is 2.28 bits per heavy atom. The van der Waals surface area contributed by atoms with Crippen LogP contribution in [-0.2, 0) is 9.59 Å². The van der Waals surface area contributed by atoms with Crippen LogP contribution in [0, 0.1) is 12.7 Å². The van der Waals surface area contributed by atoms with Gasteiger partial charge in [0, 0.05) is 10.7 Å². The first kappa shape index (κ1) is 21.6. The van der Waals surface area contributed by atoms with Gasteiger partial charge in [-0.1, -0.05) is 29.8 Å². The average Bonchev–Trinajstić information content (AvgIpc) is 3.02. The predicted molar refractivity (Wildman–Crippen MR) is 123 cm³/mol. The minimum Gasteiger partial charge on any atom is -0.494 e. The van der Waals surface area contributed by atoms with Crippen LogP contribution in [-0.4, -0.2) is 18.4 Å². The van der Waals surface area contributed by atoms with E-state index in [0.717, 1.165) is 10.5 Å². The monoisotopic (exact) mass is 450 g/mol. The van der Waals surface area contributed by atoms with Crippen molar-refractivity contribution in [2.45, 2.75) is 13.8 Å². The van der Waals surface area contributed by atoms with Crippen molar-refractivity contribution in [3.05, 3.63) is 94.4 Å². The molecule has 0 aromatic heterocycles. The average molecular weight is 451 g/mol. The number of amides is 2. The van der Waals surface area contributed by atoms with Crippen molar-refractivity contribution < 1.29 is 18.7 Å². The second-order valence-electron chi connectivity index (χ2n) is 7.22. The van der Waals surface area contributed by atoms with Crippen molar-refractivity contribution in [2.75, 3.05) is 16.8 Å². The largest absolute Gasteiger partial charge is 0.494 e. The molecule has 0 saturated carbocycles. The Bertz CT molecular complexity index is 1220. The molecule has 1 aliphatic rings. The Morgan fingerprint density at radius 2 is 1.66 bits per heavy atom. The molecule has 7 heteroatoms. The Kier molecular flexibility index (Phi) is 5.97. The van der Waals surface area contributed by atoms with Gasteiger partial charge in [0.2, 0.25) is 0 Å². The number of nitrogens with zero attached hydrogens (tertiary/aromatic N) is 1. The highest BCUT2D eigenvalue weighted by Crippen LogP contribution is 2.35. The zero-order valence-electron chi connectivity index (χ0n) is 17.5. The van der Waals surface area contributed by atoms with Gasteiger partial charge in [-0.05, 0) is 73.5 Å². The highest BCUT2D eigenvalue weighted by Gasteiger charge is 2.40. The maximum absolute atomic E-state index is 13.5.